The van der Waals surface area contributed by atoms with Gasteiger partial charge in [0.05, 0.1) is 73.5 Å². The Labute approximate surface area is 570 Å². The number of amides is 11. The first-order valence-electron chi connectivity index (χ1n) is 33.8. The van der Waals surface area contributed by atoms with Crippen molar-refractivity contribution in [3.63, 3.8) is 0 Å². The van der Waals surface area contributed by atoms with Gasteiger partial charge in [0, 0.05) is 105 Å². The summed E-state index contributed by atoms with van der Waals surface area (Å²) in [6, 6.07) is -3.65. The number of nitrogens with one attached hydrogen (secondary N) is 8. The lowest BCUT2D eigenvalue weighted by atomic mass is 9.81. The van der Waals surface area contributed by atoms with Gasteiger partial charge in [0.1, 0.15) is 28.9 Å². The lowest BCUT2D eigenvalue weighted by Crippen LogP contribution is -2.60. The number of unbranched alkanes of at least 4 members (excludes halogenated alkanes) is 3. The maximum absolute atomic E-state index is 15.4. The molecule has 4 aliphatic heterocycles. The molecule has 31 heteroatoms. The molecule has 2 saturated heterocycles. The predicted molar refractivity (Wildman–Crippen MR) is 355 cm³/mol. The van der Waals surface area contributed by atoms with Crippen LogP contribution in [0.15, 0.2) is 17.2 Å². The number of aromatic amines is 1. The van der Waals surface area contributed by atoms with Crippen LogP contribution in [0.4, 0.5) is 0 Å². The largest absolute Gasteiger partial charge is 0.496 e. The molecule has 536 valence electrons. The summed E-state index contributed by atoms with van der Waals surface area (Å²) < 4.78 is 21.2. The van der Waals surface area contributed by atoms with E-state index in [1.165, 1.54) is 30.7 Å². The fourth-order valence-corrected chi connectivity index (χ4v) is 15.8. The van der Waals surface area contributed by atoms with Gasteiger partial charge in [0.2, 0.25) is 65.0 Å². The van der Waals surface area contributed by atoms with Gasteiger partial charge in [-0.15, -0.1) is 0 Å². The minimum absolute atomic E-state index is 0.00596. The van der Waals surface area contributed by atoms with Crippen molar-refractivity contribution < 1.29 is 86.6 Å². The normalized spacial score (nSPS) is 27.0. The van der Waals surface area contributed by atoms with Gasteiger partial charge in [-0.2, -0.15) is 11.8 Å². The zero-order valence-electron chi connectivity index (χ0n) is 56.0. The Kier molecular flexibility index (Phi) is 29.0. The number of thioether (sulfide) groups is 1. The van der Waals surface area contributed by atoms with Crippen LogP contribution in [0.2, 0.25) is 0 Å². The third kappa shape index (κ3) is 20.9. The van der Waals surface area contributed by atoms with Crippen molar-refractivity contribution in [2.45, 2.75) is 184 Å². The fraction of sp³-hybridized carbons (Fsp3) is 0.682. The third-order valence-corrected chi connectivity index (χ3v) is 21.9. The number of fused-ring (bicyclic) bond motifs is 5. The third-order valence-electron chi connectivity index (χ3n) is 19.4. The van der Waals surface area contributed by atoms with E-state index in [-0.39, 0.29) is 70.6 Å². The van der Waals surface area contributed by atoms with E-state index in [2.05, 4.69) is 42.2 Å². The molecule has 12 atom stereocenters. The minimum atomic E-state index is -2.41. The van der Waals surface area contributed by atoms with E-state index < -0.39 is 181 Å². The number of aliphatic hydroxyl groups is 3. The molecule has 97 heavy (non-hydrogen) atoms. The number of nitrogens with zero attached hydrogens (tertiary/aromatic N) is 2. The Bertz CT molecular complexity index is 3270. The van der Waals surface area contributed by atoms with Crippen molar-refractivity contribution in [1.82, 2.24) is 52.0 Å². The number of carbonyl (C=O) groups is 13. The number of primary amides is 1. The number of ether oxygens (including phenoxy) is 1. The quantitative estimate of drug-likeness (QED) is 0.0469. The highest BCUT2D eigenvalue weighted by Gasteiger charge is 2.46. The van der Waals surface area contributed by atoms with Gasteiger partial charge in [0.25, 0.3) is 0 Å². The van der Waals surface area contributed by atoms with E-state index in [1.807, 2.05) is 0 Å². The summed E-state index contributed by atoms with van der Waals surface area (Å²) in [5.41, 5.74) is 6.76. The number of aromatic nitrogens is 1. The molecular formula is C66H97N11O18S2. The number of imide groups is 1. The van der Waals surface area contributed by atoms with E-state index in [4.69, 9.17) is 10.5 Å². The number of aliphatic hydroxyl groups excluding tert-OH is 3. The molecule has 3 fully saturated rings. The molecule has 0 radical (unpaired) electrons. The molecule has 11 amide bonds. The van der Waals surface area contributed by atoms with E-state index in [9.17, 15) is 72.9 Å². The number of carbonyl (C=O) groups excluding carboxylic acids is 13. The van der Waals surface area contributed by atoms with Crippen LogP contribution in [0.1, 0.15) is 142 Å². The maximum atomic E-state index is 15.4. The number of likely N-dealkylation sites (tertiary alicyclic amines) is 1. The molecule has 2 unspecified atom stereocenters. The van der Waals surface area contributed by atoms with Crippen molar-refractivity contribution in [3.8, 4) is 5.75 Å². The molecule has 2 bridgehead atoms. The fourth-order valence-electron chi connectivity index (χ4n) is 13.4. The van der Waals surface area contributed by atoms with Gasteiger partial charge in [-0.3, -0.25) is 71.4 Å². The van der Waals surface area contributed by atoms with Crippen LogP contribution in [0.3, 0.4) is 0 Å². The smallest absolute Gasteiger partial charge is 0.246 e. The molecule has 5 aliphatic rings. The molecule has 5 heterocycles. The SMILES string of the molecule is CC[C@H](C)[C@@H]1CC(=O)CNC(=O)[C@H]2CC(=O)[C@H]([C@@H](C)[C@@H](O)CO)NC(=O)[C@@H]3C[C@@H](O)CN3C(=O)[C@H](CC(N)=O)NC(=O)[C@H](CS(=O)c3[nH]c4c(CSCCCCNC(=O)CCCCCNC(=O)C5CCC(CN6C(=O)CC(C)C6=O)CC5)c(OC)ccc4c3C2)NC(=O)CNC1=O. The molecule has 29 nitrogen and oxygen atoms in total. The van der Waals surface area contributed by atoms with Crippen molar-refractivity contribution in [2.75, 3.05) is 64.5 Å². The average molecular weight is 1400 g/mol. The summed E-state index contributed by atoms with van der Waals surface area (Å²) in [6.07, 6.45) is 1.59. The second kappa shape index (κ2) is 36.5. The molecule has 1 aliphatic carbocycles. The standard InChI is InChI=1S/C66H97N11O18S2/c1-6-35(2)44-25-41(79)28-70-60(88)40-23-45-43-17-18-52(95-5)46(33-96-21-11-10-19-68-54(84)12-8-7-9-20-69-59(87)39-15-13-38(14-16-39)30-77-56(86)22-36(3)65(77)92)58(43)75-64(45)97(94)34-48(72-55(85)29-71-61(44)89)62(90)73-47(27-53(67)83)66(93)76-31-42(80)26-49(76)63(91)74-57(50(81)24-40)37(4)51(82)32-78/h17-18,35-40,42,44,47-49,51,57,75,78,80,82H,6-16,19-34H2,1-5H3,(H2,67,83)(H,68,84)(H,69,87)(H,70,88)(H,71,89)(H,72,85)(H,73,90)(H,74,91)/t35-,36?,37-,38?,39?,40+,42+,44-,47-,48-,49-,51-,57-,97?/m0/s1. The number of ketones is 2. The zero-order chi connectivity index (χ0) is 70.8. The molecular weight excluding hydrogens is 1300 g/mol. The molecule has 1 aromatic carbocycles. The van der Waals surface area contributed by atoms with Crippen molar-refractivity contribution in [3.05, 3.63) is 23.3 Å². The zero-order valence-corrected chi connectivity index (χ0v) is 57.6. The number of rotatable bonds is 24. The van der Waals surface area contributed by atoms with E-state index in [0.717, 1.165) is 24.2 Å². The molecule has 2 aromatic rings. The summed E-state index contributed by atoms with van der Waals surface area (Å²) in [4.78, 5) is 184. The van der Waals surface area contributed by atoms with Gasteiger partial charge < -0.3 is 72.9 Å². The summed E-state index contributed by atoms with van der Waals surface area (Å²) in [6.45, 7) is 5.23. The lowest BCUT2D eigenvalue weighted by molar-refractivity contribution is -0.144. The van der Waals surface area contributed by atoms with Crippen molar-refractivity contribution >= 4 is 110 Å². The van der Waals surface area contributed by atoms with Gasteiger partial charge in [-0.25, -0.2) is 0 Å². The lowest BCUT2D eigenvalue weighted by Gasteiger charge is -2.32. The Morgan fingerprint density at radius 3 is 2.23 bits per heavy atom. The summed E-state index contributed by atoms with van der Waals surface area (Å²) in [7, 11) is -0.958. The first kappa shape index (κ1) is 77.0. The highest BCUT2D eigenvalue weighted by molar-refractivity contribution is 7.98. The second-order valence-corrected chi connectivity index (χ2v) is 29.1. The Morgan fingerprint density at radius 1 is 0.835 bits per heavy atom. The average Bonchev–Trinajstić information content (AvgIpc) is 1.62. The number of methoxy groups -OCH3 is 1. The first-order chi connectivity index (χ1) is 46.2. The monoisotopic (exact) mass is 1400 g/mol. The van der Waals surface area contributed by atoms with E-state index in [0.29, 0.717) is 99.0 Å². The van der Waals surface area contributed by atoms with Crippen molar-refractivity contribution in [1.29, 1.82) is 0 Å². The highest BCUT2D eigenvalue weighted by atomic mass is 32.2. The number of H-pyrrole nitrogens is 1. The number of hydrogen-bond donors (Lipinski definition) is 12. The molecule has 0 spiro atoms. The number of nitrogens with two attached hydrogens (primary N) is 1. The van der Waals surface area contributed by atoms with Crippen LogP contribution in [0.25, 0.3) is 10.9 Å². The van der Waals surface area contributed by atoms with E-state index >= 15 is 9.00 Å². The van der Waals surface area contributed by atoms with Crippen LogP contribution in [-0.4, -0.2) is 212 Å². The summed E-state index contributed by atoms with van der Waals surface area (Å²) >= 11 is 1.52. The number of Topliss-reactive ketones (excluding diaryl/α,β-unsaturated/α-hetero) is 2. The van der Waals surface area contributed by atoms with Crippen LogP contribution in [0.5, 0.6) is 5.75 Å². The predicted octanol–water partition coefficient (Wildman–Crippen LogP) is -0.428. The molecule has 1 aromatic heterocycles. The Hall–Kier alpha value is -7.35. The second-order valence-electron chi connectivity index (χ2n) is 26.6. The minimum Gasteiger partial charge on any atom is -0.496 e. The van der Waals surface area contributed by atoms with Crippen LogP contribution < -0.4 is 47.7 Å². The molecule has 1 saturated carbocycles. The first-order valence-corrected chi connectivity index (χ1v) is 36.3. The number of benzene rings is 1. The van der Waals surface area contributed by atoms with Crippen LogP contribution >= 0.6 is 11.8 Å². The van der Waals surface area contributed by atoms with Gasteiger partial charge >= 0.3 is 0 Å². The maximum Gasteiger partial charge on any atom is 0.246 e. The van der Waals surface area contributed by atoms with E-state index in [1.54, 1.807) is 32.9 Å². The highest BCUT2D eigenvalue weighted by Crippen LogP contribution is 2.38. The summed E-state index contributed by atoms with van der Waals surface area (Å²) in [5, 5.41) is 51.0. The van der Waals surface area contributed by atoms with Crippen molar-refractivity contribution in [2.24, 2.45) is 47.2 Å². The molecule has 13 N–H and O–H groups in total. The Balaban J connectivity index is 1.09. The molecule has 7 rings (SSSR count). The summed E-state index contributed by atoms with van der Waals surface area (Å²) in [5.74, 6) is -12.5. The van der Waals surface area contributed by atoms with Gasteiger partial charge in [-0.1, -0.05) is 40.5 Å². The Morgan fingerprint density at radius 2 is 1.55 bits per heavy atom. The van der Waals surface area contributed by atoms with Crippen LogP contribution in [0, 0.1) is 41.4 Å². The van der Waals surface area contributed by atoms with Gasteiger partial charge in [0.15, 0.2) is 11.6 Å². The van der Waals surface area contributed by atoms with Crippen LogP contribution in [-0.2, 0) is 85.3 Å². The van der Waals surface area contributed by atoms with Gasteiger partial charge in [-0.05, 0) is 93.1 Å². The topological polar surface area (TPSA) is 441 Å². The number of hydrogen-bond acceptors (Lipinski definition) is 19.